The van der Waals surface area contributed by atoms with Crippen LogP contribution in [0.4, 0.5) is 0 Å². The van der Waals surface area contributed by atoms with Crippen molar-refractivity contribution in [3.8, 4) is 0 Å². The van der Waals surface area contributed by atoms with E-state index in [0.717, 1.165) is 32.1 Å². The van der Waals surface area contributed by atoms with Crippen molar-refractivity contribution >= 4 is 5.78 Å². The fourth-order valence-electron chi connectivity index (χ4n) is 8.93. The summed E-state index contributed by atoms with van der Waals surface area (Å²) in [6.45, 7) is 1.88. The van der Waals surface area contributed by atoms with Crippen LogP contribution in [-0.2, 0) is 14.3 Å². The highest BCUT2D eigenvalue weighted by molar-refractivity contribution is 5.79. The number of ether oxygens (including phenoxy) is 2. The molecular weight excluding hydrogens is 348 g/mol. The number of fused-ring (bicyclic) bond motifs is 6. The molecule has 0 amide bonds. The van der Waals surface area contributed by atoms with E-state index in [4.69, 9.17) is 9.47 Å². The van der Waals surface area contributed by atoms with Gasteiger partial charge >= 0.3 is 0 Å². The van der Waals surface area contributed by atoms with Crippen LogP contribution in [0.3, 0.4) is 0 Å². The number of hydrogen-bond acceptors (Lipinski definition) is 6. The smallest absolute Gasteiger partial charge is 0.195 e. The first-order valence-electron chi connectivity index (χ1n) is 10.7. The zero-order valence-corrected chi connectivity index (χ0v) is 15.8. The van der Waals surface area contributed by atoms with Crippen LogP contribution >= 0.6 is 0 Å². The fraction of sp³-hybridized carbons (Fsp3) is 0.952. The number of carbonyl (C=O) groups excluding carboxylic acids is 1. The van der Waals surface area contributed by atoms with Gasteiger partial charge in [-0.1, -0.05) is 6.92 Å². The Balaban J connectivity index is 1.43. The number of rotatable bonds is 1. The molecular formula is C21H30O6. The van der Waals surface area contributed by atoms with Gasteiger partial charge in [-0.25, -0.2) is 0 Å². The molecule has 1 spiro atoms. The second-order valence-corrected chi connectivity index (χ2v) is 10.5. The molecule has 0 aromatic rings. The third-order valence-electron chi connectivity index (χ3n) is 9.83. The van der Waals surface area contributed by atoms with E-state index < -0.39 is 24.8 Å². The molecule has 27 heavy (non-hydrogen) atoms. The highest BCUT2D eigenvalue weighted by Gasteiger charge is 2.78. The highest BCUT2D eigenvalue weighted by atomic mass is 16.8. The van der Waals surface area contributed by atoms with Gasteiger partial charge in [0, 0.05) is 24.2 Å². The molecule has 0 aromatic heterocycles. The van der Waals surface area contributed by atoms with E-state index in [-0.39, 0.29) is 34.6 Å². The lowest BCUT2D eigenvalue weighted by molar-refractivity contribution is -0.283. The molecule has 2 heterocycles. The molecule has 2 saturated heterocycles. The summed E-state index contributed by atoms with van der Waals surface area (Å²) in [5.74, 6) is -0.241. The van der Waals surface area contributed by atoms with Crippen molar-refractivity contribution in [2.45, 2.75) is 76.2 Å². The Hall–Kier alpha value is -0.530. The molecule has 6 heteroatoms. The number of hydrogen-bond donors (Lipinski definition) is 3. The quantitative estimate of drug-likeness (QED) is 0.635. The zero-order chi connectivity index (χ0) is 18.8. The van der Waals surface area contributed by atoms with E-state index in [1.54, 1.807) is 0 Å². The van der Waals surface area contributed by atoms with E-state index in [1.807, 2.05) is 0 Å². The molecule has 0 aromatic carbocycles. The summed E-state index contributed by atoms with van der Waals surface area (Å²) in [6.07, 6.45) is 4.55. The Labute approximate surface area is 159 Å². The first-order chi connectivity index (χ1) is 12.8. The maximum absolute atomic E-state index is 12.1. The average molecular weight is 378 g/mol. The predicted molar refractivity (Wildman–Crippen MR) is 93.1 cm³/mol. The molecule has 6 nitrogen and oxygen atoms in total. The Morgan fingerprint density at radius 2 is 2.07 bits per heavy atom. The van der Waals surface area contributed by atoms with Gasteiger partial charge in [0.2, 0.25) is 0 Å². The van der Waals surface area contributed by atoms with Crippen molar-refractivity contribution in [3.63, 3.8) is 0 Å². The van der Waals surface area contributed by atoms with Gasteiger partial charge < -0.3 is 24.8 Å². The van der Waals surface area contributed by atoms with Crippen LogP contribution in [0.15, 0.2) is 0 Å². The molecule has 3 N–H and O–H groups in total. The summed E-state index contributed by atoms with van der Waals surface area (Å²) in [4.78, 5) is 12.1. The van der Waals surface area contributed by atoms with Crippen molar-refractivity contribution in [2.24, 2.45) is 40.4 Å². The summed E-state index contributed by atoms with van der Waals surface area (Å²) in [7, 11) is 0. The molecule has 150 valence electrons. The summed E-state index contributed by atoms with van der Waals surface area (Å²) >= 11 is 0. The van der Waals surface area contributed by atoms with Crippen LogP contribution in [-0.4, -0.2) is 52.0 Å². The minimum Gasteiger partial charge on any atom is -0.393 e. The molecule has 6 rings (SSSR count). The molecule has 6 fully saturated rings. The molecule has 11 atom stereocenters. The number of Topliss-reactive ketones (excluding diaryl/α,β-unsaturated/α-hetero) is 1. The number of aliphatic hydroxyl groups is 3. The van der Waals surface area contributed by atoms with Gasteiger partial charge in [0.05, 0.1) is 18.8 Å². The SMILES string of the molecule is C[C@]12CCC(=O)C[C@@H]1[C@H](O)C[C@@H]1[C@@H]2[C@@H]2C[C@]34C(O2)OC(O)(CO)[C@H]3CC[C@@H]14. The Morgan fingerprint density at radius 3 is 2.85 bits per heavy atom. The summed E-state index contributed by atoms with van der Waals surface area (Å²) in [6, 6.07) is 0. The third-order valence-corrected chi connectivity index (χ3v) is 9.83. The highest BCUT2D eigenvalue weighted by Crippen LogP contribution is 2.75. The van der Waals surface area contributed by atoms with Gasteiger partial charge in [0.15, 0.2) is 12.1 Å². The zero-order valence-electron chi connectivity index (χ0n) is 15.8. The molecule has 2 unspecified atom stereocenters. The van der Waals surface area contributed by atoms with E-state index in [2.05, 4.69) is 6.92 Å². The van der Waals surface area contributed by atoms with Gasteiger partial charge in [0.25, 0.3) is 0 Å². The van der Waals surface area contributed by atoms with Crippen LogP contribution in [0.2, 0.25) is 0 Å². The van der Waals surface area contributed by atoms with E-state index >= 15 is 0 Å². The molecule has 4 saturated carbocycles. The Kier molecular flexibility index (Phi) is 3.30. The summed E-state index contributed by atoms with van der Waals surface area (Å²) in [5, 5.41) is 31.7. The number of carbonyl (C=O) groups is 1. The molecule has 4 aliphatic carbocycles. The summed E-state index contributed by atoms with van der Waals surface area (Å²) in [5.41, 5.74) is -0.302. The van der Waals surface area contributed by atoms with Crippen molar-refractivity contribution in [2.75, 3.05) is 6.61 Å². The van der Waals surface area contributed by atoms with Crippen molar-refractivity contribution < 1.29 is 29.6 Å². The third kappa shape index (κ3) is 1.83. The monoisotopic (exact) mass is 378 g/mol. The Bertz CT molecular complexity index is 696. The van der Waals surface area contributed by atoms with Crippen LogP contribution in [0, 0.1) is 40.4 Å². The van der Waals surface area contributed by atoms with E-state index in [1.165, 1.54) is 0 Å². The van der Waals surface area contributed by atoms with Crippen LogP contribution in [0.1, 0.15) is 51.9 Å². The van der Waals surface area contributed by atoms with Crippen molar-refractivity contribution in [1.82, 2.24) is 0 Å². The lowest BCUT2D eigenvalue weighted by Gasteiger charge is -2.60. The minimum absolute atomic E-state index is 0.0329. The van der Waals surface area contributed by atoms with Crippen LogP contribution in [0.25, 0.3) is 0 Å². The van der Waals surface area contributed by atoms with Gasteiger partial charge in [-0.05, 0) is 61.2 Å². The second kappa shape index (κ2) is 5.14. The lowest BCUT2D eigenvalue weighted by Crippen LogP contribution is -2.61. The molecule has 2 aliphatic heterocycles. The largest absolute Gasteiger partial charge is 0.393 e. The van der Waals surface area contributed by atoms with Crippen molar-refractivity contribution in [1.29, 1.82) is 0 Å². The Morgan fingerprint density at radius 1 is 1.26 bits per heavy atom. The number of aliphatic hydroxyl groups excluding tert-OH is 2. The van der Waals surface area contributed by atoms with E-state index in [0.29, 0.717) is 30.6 Å². The molecule has 0 radical (unpaired) electrons. The molecule has 2 bridgehead atoms. The first-order valence-corrected chi connectivity index (χ1v) is 10.7. The standard InChI is InChI=1S/C21H30O6/c1-19-5-4-10(23)6-13(19)14(24)7-11-12-2-3-16-20(12)8-15(17(11)19)26-18(20)27-21(16,25)9-22/h11-18,22,24-25H,2-9H2,1H3/t11-,12-,13+,14+,15-,16-,17+,18?,19-,20+,21?/m0/s1. The maximum atomic E-state index is 12.1. The van der Waals surface area contributed by atoms with Crippen LogP contribution in [0.5, 0.6) is 0 Å². The first kappa shape index (κ1) is 17.3. The average Bonchev–Trinajstić information content (AvgIpc) is 3.22. The van der Waals surface area contributed by atoms with Gasteiger partial charge in [0.1, 0.15) is 5.78 Å². The summed E-state index contributed by atoms with van der Waals surface area (Å²) < 4.78 is 12.4. The van der Waals surface area contributed by atoms with Gasteiger partial charge in [-0.15, -0.1) is 0 Å². The van der Waals surface area contributed by atoms with Gasteiger partial charge in [-0.3, -0.25) is 4.79 Å². The van der Waals surface area contributed by atoms with Crippen LogP contribution < -0.4 is 0 Å². The van der Waals surface area contributed by atoms with Crippen molar-refractivity contribution in [3.05, 3.63) is 0 Å². The normalized spacial score (nSPS) is 63.6. The maximum Gasteiger partial charge on any atom is 0.195 e. The second-order valence-electron chi connectivity index (χ2n) is 10.5. The van der Waals surface area contributed by atoms with Gasteiger partial charge in [-0.2, -0.15) is 0 Å². The lowest BCUT2D eigenvalue weighted by atomic mass is 9.44. The fourth-order valence-corrected chi connectivity index (χ4v) is 8.93. The van der Waals surface area contributed by atoms with E-state index in [9.17, 15) is 20.1 Å². The number of ketones is 1. The predicted octanol–water partition coefficient (Wildman–Crippen LogP) is 1.21. The minimum atomic E-state index is -1.49. The topological polar surface area (TPSA) is 96.2 Å². The molecule has 6 aliphatic rings.